The number of piperidine rings is 1. The summed E-state index contributed by atoms with van der Waals surface area (Å²) in [4.78, 5) is 28.8. The number of nitrogens with one attached hydrogen (secondary N) is 1. The molecular weight excluding hydrogens is 436 g/mol. The van der Waals surface area contributed by atoms with E-state index in [0.717, 1.165) is 27.9 Å². The summed E-state index contributed by atoms with van der Waals surface area (Å²) < 4.78 is 1.06. The molecule has 0 radical (unpaired) electrons. The van der Waals surface area contributed by atoms with Crippen LogP contribution in [0.3, 0.4) is 0 Å². The number of likely N-dealkylation sites (tertiary alicyclic amines) is 1. The molecule has 1 aliphatic heterocycles. The molecule has 0 bridgehead atoms. The van der Waals surface area contributed by atoms with Crippen molar-refractivity contribution in [3.8, 4) is 0 Å². The molecule has 6 heteroatoms. The van der Waals surface area contributed by atoms with E-state index in [4.69, 9.17) is 0 Å². The van der Waals surface area contributed by atoms with E-state index in [1.165, 1.54) is 4.90 Å². The van der Waals surface area contributed by atoms with Crippen LogP contribution in [0.15, 0.2) is 62.8 Å². The zero-order chi connectivity index (χ0) is 20.1. The Morgan fingerprint density at radius 3 is 2.07 bits per heavy atom. The van der Waals surface area contributed by atoms with Crippen molar-refractivity contribution in [2.75, 3.05) is 18.4 Å². The van der Waals surface area contributed by atoms with E-state index in [2.05, 4.69) is 33.4 Å². The van der Waals surface area contributed by atoms with Gasteiger partial charge in [0.2, 0.25) is 11.8 Å². The third kappa shape index (κ3) is 5.61. The van der Waals surface area contributed by atoms with Gasteiger partial charge in [-0.1, -0.05) is 41.5 Å². The molecule has 4 nitrogen and oxygen atoms in total. The van der Waals surface area contributed by atoms with Crippen molar-refractivity contribution in [1.82, 2.24) is 4.90 Å². The molecule has 3 rings (SSSR count). The van der Waals surface area contributed by atoms with Crippen molar-refractivity contribution in [3.05, 3.63) is 53.0 Å². The maximum absolute atomic E-state index is 12.6. The Labute approximate surface area is 179 Å². The van der Waals surface area contributed by atoms with Crippen LogP contribution in [0.5, 0.6) is 0 Å². The first-order valence-corrected chi connectivity index (χ1v) is 11.2. The van der Waals surface area contributed by atoms with Crippen LogP contribution < -0.4 is 5.32 Å². The van der Waals surface area contributed by atoms with Gasteiger partial charge in [-0.15, -0.1) is 0 Å². The number of benzene rings is 2. The highest BCUT2D eigenvalue weighted by molar-refractivity contribution is 9.10. The molecule has 0 spiro atoms. The van der Waals surface area contributed by atoms with Gasteiger partial charge in [-0.2, -0.15) is 0 Å². The molecule has 2 amide bonds. The summed E-state index contributed by atoms with van der Waals surface area (Å²) in [6.45, 7) is 5.16. The number of rotatable bonds is 5. The lowest BCUT2D eigenvalue weighted by atomic mass is 9.95. The van der Waals surface area contributed by atoms with E-state index < -0.39 is 0 Å². The summed E-state index contributed by atoms with van der Waals surface area (Å²) in [5.41, 5.74) is 0.811. The van der Waals surface area contributed by atoms with Gasteiger partial charge in [0.25, 0.3) is 0 Å². The van der Waals surface area contributed by atoms with Gasteiger partial charge in [0.1, 0.15) is 0 Å². The van der Waals surface area contributed by atoms with Gasteiger partial charge in [-0.05, 0) is 61.4 Å². The molecule has 2 aromatic carbocycles. The zero-order valence-electron chi connectivity index (χ0n) is 16.2. The number of hydrogen-bond donors (Lipinski definition) is 1. The molecule has 0 saturated carbocycles. The van der Waals surface area contributed by atoms with E-state index >= 15 is 0 Å². The molecule has 1 fully saturated rings. The lowest BCUT2D eigenvalue weighted by molar-refractivity contribution is -0.137. The third-order valence-corrected chi connectivity index (χ3v) is 6.39. The first kappa shape index (κ1) is 20.9. The van der Waals surface area contributed by atoms with Gasteiger partial charge >= 0.3 is 0 Å². The molecular formula is C22H25BrN2O2S. The average molecular weight is 461 g/mol. The normalized spacial score (nSPS) is 14.9. The van der Waals surface area contributed by atoms with Crippen molar-refractivity contribution in [3.63, 3.8) is 0 Å². The highest BCUT2D eigenvalue weighted by atomic mass is 79.9. The fraction of sp³-hybridized carbons (Fsp3) is 0.364. The number of hydrogen-bond acceptors (Lipinski definition) is 3. The monoisotopic (exact) mass is 460 g/mol. The number of carbonyl (C=O) groups is 2. The molecule has 0 aliphatic carbocycles. The standard InChI is InChI=1S/C22H25BrN2O2S/c1-15(2)22(27)25-13-11-16(12-14-25)21(26)24-18-5-9-20(10-6-18)28-19-7-3-17(23)4-8-19/h3-10,15-16H,11-14H2,1-2H3,(H,24,26). The average Bonchev–Trinajstić information content (AvgIpc) is 2.70. The van der Waals surface area contributed by atoms with Crippen LogP contribution >= 0.6 is 27.7 Å². The maximum atomic E-state index is 12.6. The SMILES string of the molecule is CC(C)C(=O)N1CCC(C(=O)Nc2ccc(Sc3ccc(Br)cc3)cc2)CC1. The number of carbonyl (C=O) groups excluding carboxylic acids is 2. The highest BCUT2D eigenvalue weighted by Crippen LogP contribution is 2.29. The van der Waals surface area contributed by atoms with E-state index in [1.807, 2.05) is 55.1 Å². The highest BCUT2D eigenvalue weighted by Gasteiger charge is 2.28. The first-order chi connectivity index (χ1) is 13.4. The van der Waals surface area contributed by atoms with Crippen molar-refractivity contribution >= 4 is 45.2 Å². The van der Waals surface area contributed by atoms with Gasteiger partial charge in [0, 0.05) is 44.9 Å². The lowest BCUT2D eigenvalue weighted by Gasteiger charge is -2.32. The number of nitrogens with zero attached hydrogens (tertiary/aromatic N) is 1. The molecule has 148 valence electrons. The van der Waals surface area contributed by atoms with E-state index in [1.54, 1.807) is 11.8 Å². The van der Waals surface area contributed by atoms with E-state index in [-0.39, 0.29) is 23.7 Å². The first-order valence-electron chi connectivity index (χ1n) is 9.55. The Bertz CT molecular complexity index is 813. The summed E-state index contributed by atoms with van der Waals surface area (Å²) in [5.74, 6) is 0.204. The van der Waals surface area contributed by atoms with Gasteiger partial charge in [-0.3, -0.25) is 9.59 Å². The van der Waals surface area contributed by atoms with Crippen LogP contribution in [-0.4, -0.2) is 29.8 Å². The molecule has 28 heavy (non-hydrogen) atoms. The minimum absolute atomic E-state index is 0.0131. The minimum atomic E-state index is -0.0342. The molecule has 0 atom stereocenters. The molecule has 1 saturated heterocycles. The number of amides is 2. The third-order valence-electron chi connectivity index (χ3n) is 4.84. The topological polar surface area (TPSA) is 49.4 Å². The number of halogens is 1. The fourth-order valence-corrected chi connectivity index (χ4v) is 4.30. The van der Waals surface area contributed by atoms with E-state index in [9.17, 15) is 9.59 Å². The summed E-state index contributed by atoms with van der Waals surface area (Å²) in [6, 6.07) is 16.1. The Morgan fingerprint density at radius 2 is 1.54 bits per heavy atom. The van der Waals surface area contributed by atoms with Crippen LogP contribution in [-0.2, 0) is 9.59 Å². The largest absolute Gasteiger partial charge is 0.342 e. The molecule has 1 N–H and O–H groups in total. The molecule has 0 aromatic heterocycles. The summed E-state index contributed by atoms with van der Waals surface area (Å²) >= 11 is 5.13. The van der Waals surface area contributed by atoms with Gasteiger partial charge in [-0.25, -0.2) is 0 Å². The van der Waals surface area contributed by atoms with Crippen molar-refractivity contribution in [1.29, 1.82) is 0 Å². The molecule has 0 unspecified atom stereocenters. The maximum Gasteiger partial charge on any atom is 0.227 e. The smallest absolute Gasteiger partial charge is 0.227 e. The quantitative estimate of drug-likeness (QED) is 0.646. The van der Waals surface area contributed by atoms with Crippen molar-refractivity contribution in [2.45, 2.75) is 36.5 Å². The second kappa shape index (κ2) is 9.61. The second-order valence-electron chi connectivity index (χ2n) is 7.32. The van der Waals surface area contributed by atoms with Gasteiger partial charge in [0.05, 0.1) is 0 Å². The van der Waals surface area contributed by atoms with Crippen LogP contribution in [0, 0.1) is 11.8 Å². The fourth-order valence-electron chi connectivity index (χ4n) is 3.22. The van der Waals surface area contributed by atoms with Crippen LogP contribution in [0.25, 0.3) is 0 Å². The van der Waals surface area contributed by atoms with Gasteiger partial charge < -0.3 is 10.2 Å². The molecule has 2 aromatic rings. The van der Waals surface area contributed by atoms with Gasteiger partial charge in [0.15, 0.2) is 0 Å². The molecule has 1 aliphatic rings. The second-order valence-corrected chi connectivity index (χ2v) is 9.39. The van der Waals surface area contributed by atoms with Crippen LogP contribution in [0.2, 0.25) is 0 Å². The van der Waals surface area contributed by atoms with Crippen molar-refractivity contribution < 1.29 is 9.59 Å². The molecule has 1 heterocycles. The Kier molecular flexibility index (Phi) is 7.18. The Hall–Kier alpha value is -1.79. The minimum Gasteiger partial charge on any atom is -0.342 e. The Balaban J connectivity index is 1.51. The summed E-state index contributed by atoms with van der Waals surface area (Å²) in [5, 5.41) is 3.02. The predicted octanol–water partition coefficient (Wildman–Crippen LogP) is 5.43. The van der Waals surface area contributed by atoms with Crippen molar-refractivity contribution in [2.24, 2.45) is 11.8 Å². The lowest BCUT2D eigenvalue weighted by Crippen LogP contribution is -2.43. The van der Waals surface area contributed by atoms with E-state index in [0.29, 0.717) is 13.1 Å². The predicted molar refractivity (Wildman–Crippen MR) is 117 cm³/mol. The summed E-state index contributed by atoms with van der Waals surface area (Å²) in [7, 11) is 0. The van der Waals surface area contributed by atoms with Crippen LogP contribution in [0.4, 0.5) is 5.69 Å². The Morgan fingerprint density at radius 1 is 1.00 bits per heavy atom. The number of anilines is 1. The van der Waals surface area contributed by atoms with Crippen LogP contribution in [0.1, 0.15) is 26.7 Å². The zero-order valence-corrected chi connectivity index (χ0v) is 18.6. The summed E-state index contributed by atoms with van der Waals surface area (Å²) in [6.07, 6.45) is 1.45.